The third kappa shape index (κ3) is 2.95. The van der Waals surface area contributed by atoms with E-state index in [2.05, 4.69) is 17.1 Å². The second-order valence-corrected chi connectivity index (χ2v) is 6.25. The number of aromatic nitrogens is 1. The lowest BCUT2D eigenvalue weighted by Gasteiger charge is -2.06. The van der Waals surface area contributed by atoms with E-state index in [-0.39, 0.29) is 18.5 Å². The highest BCUT2D eigenvalue weighted by Gasteiger charge is 2.45. The van der Waals surface area contributed by atoms with Crippen LogP contribution < -0.4 is 5.73 Å². The highest BCUT2D eigenvalue weighted by atomic mass is 16.5. The van der Waals surface area contributed by atoms with Gasteiger partial charge in [-0.05, 0) is 41.5 Å². The smallest absolute Gasteiger partial charge is 0.309 e. The summed E-state index contributed by atoms with van der Waals surface area (Å²) in [7, 11) is 0. The average Bonchev–Trinajstić information content (AvgIpc) is 3.41. The maximum absolute atomic E-state index is 12.2. The lowest BCUT2D eigenvalue weighted by molar-refractivity contribution is -0.146. The van der Waals surface area contributed by atoms with Crippen molar-refractivity contribution >= 4 is 22.4 Å². The molecule has 1 aliphatic rings. The first-order valence-electron chi connectivity index (χ1n) is 8.06. The van der Waals surface area contributed by atoms with Crippen LogP contribution in [-0.4, -0.2) is 11.0 Å². The van der Waals surface area contributed by atoms with Crippen molar-refractivity contribution in [3.8, 4) is 0 Å². The van der Waals surface area contributed by atoms with Crippen LogP contribution in [0.25, 0.3) is 10.8 Å². The number of nitrogens with two attached hydrogens (primary N) is 1. The largest absolute Gasteiger partial charge is 0.459 e. The molecule has 4 nitrogen and oxygen atoms in total. The van der Waals surface area contributed by atoms with E-state index in [4.69, 9.17) is 10.5 Å². The Bertz CT molecular complexity index is 893. The second-order valence-electron chi connectivity index (χ2n) is 6.25. The Morgan fingerprint density at radius 3 is 2.79 bits per heavy atom. The van der Waals surface area contributed by atoms with Crippen molar-refractivity contribution in [1.82, 2.24) is 4.98 Å². The van der Waals surface area contributed by atoms with Gasteiger partial charge in [0, 0.05) is 17.3 Å². The summed E-state index contributed by atoms with van der Waals surface area (Å²) in [5, 5.41) is 2.02. The minimum absolute atomic E-state index is 0.0245. The van der Waals surface area contributed by atoms with E-state index in [0.29, 0.717) is 11.6 Å². The lowest BCUT2D eigenvalue weighted by Crippen LogP contribution is -2.08. The van der Waals surface area contributed by atoms with Crippen LogP contribution in [0.1, 0.15) is 23.6 Å². The van der Waals surface area contributed by atoms with Crippen molar-refractivity contribution in [1.29, 1.82) is 0 Å². The van der Waals surface area contributed by atoms with Crippen LogP contribution >= 0.6 is 0 Å². The third-order valence-electron chi connectivity index (χ3n) is 4.49. The standard InChI is InChI=1S/C20H18N2O2/c21-16-7-6-14-11-22-17(9-15(14)8-16)12-24-20(23)19-10-18(19)13-4-2-1-3-5-13/h1-9,11,18-19H,10,12,21H2/t18-,19+/m0/s1. The van der Waals surface area contributed by atoms with Crippen LogP contribution in [0.15, 0.2) is 60.8 Å². The molecule has 3 aromatic rings. The van der Waals surface area contributed by atoms with E-state index >= 15 is 0 Å². The molecule has 2 atom stereocenters. The summed E-state index contributed by atoms with van der Waals surface area (Å²) in [6, 6.07) is 17.7. The molecule has 1 fully saturated rings. The topological polar surface area (TPSA) is 65.2 Å². The number of hydrogen-bond acceptors (Lipinski definition) is 4. The normalized spacial score (nSPS) is 19.2. The molecule has 0 saturated heterocycles. The molecular formula is C20H18N2O2. The Balaban J connectivity index is 1.39. The van der Waals surface area contributed by atoms with Crippen LogP contribution in [0.5, 0.6) is 0 Å². The summed E-state index contributed by atoms with van der Waals surface area (Å²) in [5.41, 5.74) is 8.46. The molecule has 120 valence electrons. The highest BCUT2D eigenvalue weighted by molar-refractivity contribution is 5.85. The predicted molar refractivity (Wildman–Crippen MR) is 93.2 cm³/mol. The fourth-order valence-electron chi connectivity index (χ4n) is 3.06. The molecule has 0 radical (unpaired) electrons. The molecule has 1 aromatic heterocycles. The first kappa shape index (κ1) is 14.7. The summed E-state index contributed by atoms with van der Waals surface area (Å²) in [5.74, 6) is 0.130. The zero-order valence-corrected chi connectivity index (χ0v) is 13.2. The van der Waals surface area contributed by atoms with E-state index in [9.17, 15) is 4.79 Å². The van der Waals surface area contributed by atoms with Gasteiger partial charge in [-0.15, -0.1) is 0 Å². The van der Waals surface area contributed by atoms with Crippen molar-refractivity contribution in [2.75, 3.05) is 5.73 Å². The molecule has 2 aromatic carbocycles. The van der Waals surface area contributed by atoms with E-state index in [0.717, 1.165) is 22.9 Å². The Kier molecular flexibility index (Phi) is 3.65. The number of benzene rings is 2. The lowest BCUT2D eigenvalue weighted by atomic mass is 10.1. The number of carbonyl (C=O) groups excluding carboxylic acids is 1. The van der Waals surface area contributed by atoms with Gasteiger partial charge in [0.1, 0.15) is 6.61 Å². The fourth-order valence-corrected chi connectivity index (χ4v) is 3.06. The van der Waals surface area contributed by atoms with E-state index < -0.39 is 0 Å². The second kappa shape index (κ2) is 5.96. The zero-order chi connectivity index (χ0) is 16.5. The monoisotopic (exact) mass is 318 g/mol. The maximum Gasteiger partial charge on any atom is 0.309 e. The number of ether oxygens (including phenoxy) is 1. The van der Waals surface area contributed by atoms with Crippen molar-refractivity contribution < 1.29 is 9.53 Å². The quantitative estimate of drug-likeness (QED) is 0.589. The minimum atomic E-state index is -0.140. The summed E-state index contributed by atoms with van der Waals surface area (Å²) >= 11 is 0. The molecule has 1 heterocycles. The van der Waals surface area contributed by atoms with Crippen LogP contribution in [0, 0.1) is 5.92 Å². The van der Waals surface area contributed by atoms with Crippen molar-refractivity contribution in [3.63, 3.8) is 0 Å². The summed E-state index contributed by atoms with van der Waals surface area (Å²) in [6.45, 7) is 0.196. The molecule has 1 saturated carbocycles. The number of pyridine rings is 1. The molecule has 0 unspecified atom stereocenters. The van der Waals surface area contributed by atoms with Gasteiger partial charge in [0.25, 0.3) is 0 Å². The number of fused-ring (bicyclic) bond motifs is 1. The third-order valence-corrected chi connectivity index (χ3v) is 4.49. The van der Waals surface area contributed by atoms with Crippen molar-refractivity contribution in [2.24, 2.45) is 5.92 Å². The number of hydrogen-bond donors (Lipinski definition) is 1. The molecular weight excluding hydrogens is 300 g/mol. The minimum Gasteiger partial charge on any atom is -0.459 e. The molecule has 1 aliphatic carbocycles. The Morgan fingerprint density at radius 1 is 1.12 bits per heavy atom. The maximum atomic E-state index is 12.2. The van der Waals surface area contributed by atoms with E-state index in [1.54, 1.807) is 6.20 Å². The molecule has 0 bridgehead atoms. The molecule has 2 N–H and O–H groups in total. The van der Waals surface area contributed by atoms with Gasteiger partial charge < -0.3 is 10.5 Å². The SMILES string of the molecule is Nc1ccc2cnc(COC(=O)[C@@H]3C[C@H]3c3ccccc3)cc2c1. The number of nitrogens with zero attached hydrogens (tertiary/aromatic N) is 1. The van der Waals surface area contributed by atoms with Gasteiger partial charge in [0.2, 0.25) is 0 Å². The van der Waals surface area contributed by atoms with Gasteiger partial charge in [-0.2, -0.15) is 0 Å². The Morgan fingerprint density at radius 2 is 1.96 bits per heavy atom. The van der Waals surface area contributed by atoms with E-state index in [1.165, 1.54) is 5.56 Å². The van der Waals surface area contributed by atoms with Gasteiger partial charge in [0.05, 0.1) is 11.6 Å². The van der Waals surface area contributed by atoms with Gasteiger partial charge in [-0.25, -0.2) is 0 Å². The summed E-state index contributed by atoms with van der Waals surface area (Å²) < 4.78 is 5.45. The van der Waals surface area contributed by atoms with Gasteiger partial charge in [-0.1, -0.05) is 36.4 Å². The summed E-state index contributed by atoms with van der Waals surface area (Å²) in [6.07, 6.45) is 2.65. The first-order chi connectivity index (χ1) is 11.7. The molecule has 4 heteroatoms. The van der Waals surface area contributed by atoms with Gasteiger partial charge in [-0.3, -0.25) is 9.78 Å². The van der Waals surface area contributed by atoms with Crippen molar-refractivity contribution in [2.45, 2.75) is 18.9 Å². The average molecular weight is 318 g/mol. The number of rotatable bonds is 4. The van der Waals surface area contributed by atoms with E-state index in [1.807, 2.05) is 42.5 Å². The predicted octanol–water partition coefficient (Wildman–Crippen LogP) is 3.66. The zero-order valence-electron chi connectivity index (χ0n) is 13.2. The molecule has 0 amide bonds. The fraction of sp³-hybridized carbons (Fsp3) is 0.200. The van der Waals surface area contributed by atoms with Crippen LogP contribution in [0.2, 0.25) is 0 Å². The van der Waals surface area contributed by atoms with Crippen molar-refractivity contribution in [3.05, 3.63) is 72.1 Å². The first-order valence-corrected chi connectivity index (χ1v) is 8.06. The van der Waals surface area contributed by atoms with Gasteiger partial charge in [0.15, 0.2) is 0 Å². The van der Waals surface area contributed by atoms with Crippen LogP contribution in [0.4, 0.5) is 5.69 Å². The highest BCUT2D eigenvalue weighted by Crippen LogP contribution is 2.48. The number of nitrogen functional groups attached to an aromatic ring is 1. The number of esters is 1. The van der Waals surface area contributed by atoms with Crippen LogP contribution in [-0.2, 0) is 16.1 Å². The van der Waals surface area contributed by atoms with Gasteiger partial charge >= 0.3 is 5.97 Å². The summed E-state index contributed by atoms with van der Waals surface area (Å²) in [4.78, 5) is 16.6. The Labute approximate surface area is 140 Å². The van der Waals surface area contributed by atoms with Crippen LogP contribution in [0.3, 0.4) is 0 Å². The molecule has 4 rings (SSSR count). The number of anilines is 1. The molecule has 0 aliphatic heterocycles. The Hall–Kier alpha value is -2.88. The molecule has 0 spiro atoms. The number of carbonyl (C=O) groups is 1. The molecule has 24 heavy (non-hydrogen) atoms.